The van der Waals surface area contributed by atoms with Crippen molar-refractivity contribution in [1.29, 1.82) is 0 Å². The van der Waals surface area contributed by atoms with Crippen LogP contribution in [-0.4, -0.2) is 27.7 Å². The van der Waals surface area contributed by atoms with Crippen LogP contribution in [0.5, 0.6) is 0 Å². The minimum absolute atomic E-state index is 0.0822. The number of hydrogen-bond acceptors (Lipinski definition) is 3. The summed E-state index contributed by atoms with van der Waals surface area (Å²) in [6.07, 6.45) is -1.28. The second-order valence-electron chi connectivity index (χ2n) is 4.35. The molecule has 114 valence electrons. The molecule has 21 heavy (non-hydrogen) atoms. The first-order valence-electron chi connectivity index (χ1n) is 6.10. The summed E-state index contributed by atoms with van der Waals surface area (Å²) in [5.41, 5.74) is 0.234. The van der Waals surface area contributed by atoms with Crippen LogP contribution in [-0.2, 0) is 24.1 Å². The van der Waals surface area contributed by atoms with Gasteiger partial charge in [0.15, 0.2) is 0 Å². The predicted molar refractivity (Wildman–Crippen MR) is 69.4 cm³/mol. The van der Waals surface area contributed by atoms with Crippen LogP contribution >= 0.6 is 0 Å². The van der Waals surface area contributed by atoms with E-state index < -0.39 is 11.9 Å². The molecule has 0 unspecified atom stereocenters. The number of aromatic nitrogens is 3. The Morgan fingerprint density at radius 3 is 2.81 bits per heavy atom. The molecule has 0 spiro atoms. The second-order valence-corrected chi connectivity index (χ2v) is 4.35. The molecule has 3 N–H and O–H groups in total. The lowest BCUT2D eigenvalue weighted by atomic mass is 10.4. The van der Waals surface area contributed by atoms with Crippen molar-refractivity contribution in [1.82, 2.24) is 20.1 Å². The molecular formula is C12H14F3N5O. The zero-order valence-corrected chi connectivity index (χ0v) is 11.2. The summed E-state index contributed by atoms with van der Waals surface area (Å²) >= 11 is 0. The lowest BCUT2D eigenvalue weighted by Gasteiger charge is -2.04. The van der Waals surface area contributed by atoms with Crippen LogP contribution in [0.2, 0.25) is 0 Å². The number of halogens is 3. The van der Waals surface area contributed by atoms with Gasteiger partial charge in [-0.1, -0.05) is 0 Å². The highest BCUT2D eigenvalue weighted by Crippen LogP contribution is 2.28. The maximum absolute atomic E-state index is 12.4. The largest absolute Gasteiger partial charge is 0.431 e. The van der Waals surface area contributed by atoms with Gasteiger partial charge >= 0.3 is 6.18 Å². The Kier molecular flexibility index (Phi) is 4.20. The molecule has 0 aromatic carbocycles. The normalized spacial score (nSPS) is 11.4. The van der Waals surface area contributed by atoms with Gasteiger partial charge in [0.1, 0.15) is 12.2 Å². The van der Waals surface area contributed by atoms with Gasteiger partial charge in [0, 0.05) is 18.9 Å². The maximum Gasteiger partial charge on any atom is 0.431 e. The van der Waals surface area contributed by atoms with Gasteiger partial charge in [-0.3, -0.25) is 9.48 Å². The minimum Gasteiger partial charge on any atom is -0.377 e. The Labute approximate surface area is 118 Å². The highest BCUT2D eigenvalue weighted by atomic mass is 19.4. The molecule has 1 amide bonds. The number of hydrogen-bond donors (Lipinski definition) is 3. The van der Waals surface area contributed by atoms with E-state index in [1.54, 1.807) is 6.20 Å². The first-order valence-corrected chi connectivity index (χ1v) is 6.10. The summed E-state index contributed by atoms with van der Waals surface area (Å²) in [5, 5.41) is 9.35. The van der Waals surface area contributed by atoms with E-state index in [2.05, 4.69) is 20.7 Å². The van der Waals surface area contributed by atoms with E-state index in [0.29, 0.717) is 11.4 Å². The quantitative estimate of drug-likeness (QED) is 0.785. The van der Waals surface area contributed by atoms with Gasteiger partial charge in [0.2, 0.25) is 5.91 Å². The van der Waals surface area contributed by atoms with Gasteiger partial charge in [0.25, 0.3) is 0 Å². The Morgan fingerprint density at radius 1 is 1.43 bits per heavy atom. The maximum atomic E-state index is 12.4. The monoisotopic (exact) mass is 301 g/mol. The van der Waals surface area contributed by atoms with Crippen LogP contribution in [0.1, 0.15) is 11.4 Å². The molecule has 2 aromatic rings. The number of nitrogens with one attached hydrogen (secondary N) is 3. The Hall–Kier alpha value is -2.45. The van der Waals surface area contributed by atoms with Crippen LogP contribution in [0.4, 0.5) is 18.9 Å². The molecule has 0 fully saturated rings. The van der Waals surface area contributed by atoms with Crippen molar-refractivity contribution < 1.29 is 18.0 Å². The van der Waals surface area contributed by atoms with Gasteiger partial charge in [0.05, 0.1) is 18.4 Å². The lowest BCUT2D eigenvalue weighted by molar-refractivity contribution is -0.140. The molecule has 2 rings (SSSR count). The molecule has 2 aromatic heterocycles. The fourth-order valence-corrected chi connectivity index (χ4v) is 1.67. The highest BCUT2D eigenvalue weighted by molar-refractivity contribution is 5.75. The van der Waals surface area contributed by atoms with Gasteiger partial charge in [-0.25, -0.2) is 0 Å². The van der Waals surface area contributed by atoms with E-state index in [-0.39, 0.29) is 19.0 Å². The third kappa shape index (κ3) is 4.01. The van der Waals surface area contributed by atoms with Crippen molar-refractivity contribution >= 4 is 11.6 Å². The molecule has 2 heterocycles. The smallest absolute Gasteiger partial charge is 0.377 e. The van der Waals surface area contributed by atoms with Crippen LogP contribution < -0.4 is 10.6 Å². The topological polar surface area (TPSA) is 74.7 Å². The number of amides is 1. The van der Waals surface area contributed by atoms with E-state index in [1.165, 1.54) is 24.0 Å². The Morgan fingerprint density at radius 2 is 2.19 bits per heavy atom. The van der Waals surface area contributed by atoms with E-state index in [1.807, 2.05) is 0 Å². The molecule has 0 bridgehead atoms. The zero-order chi connectivity index (χ0) is 15.5. The molecular weight excluding hydrogens is 287 g/mol. The fourth-order valence-electron chi connectivity index (χ4n) is 1.67. The van der Waals surface area contributed by atoms with E-state index >= 15 is 0 Å². The van der Waals surface area contributed by atoms with Crippen molar-refractivity contribution in [2.45, 2.75) is 19.3 Å². The number of carbonyl (C=O) groups excluding carboxylic acids is 1. The number of aromatic amines is 1. The first kappa shape index (κ1) is 14.9. The lowest BCUT2D eigenvalue weighted by Crippen LogP contribution is -2.23. The van der Waals surface area contributed by atoms with Crippen LogP contribution in [0.15, 0.2) is 24.5 Å². The average Bonchev–Trinajstić information content (AvgIpc) is 3.04. The van der Waals surface area contributed by atoms with E-state index in [4.69, 9.17) is 0 Å². The summed E-state index contributed by atoms with van der Waals surface area (Å²) in [6, 6.07) is 2.36. The van der Waals surface area contributed by atoms with E-state index in [9.17, 15) is 18.0 Å². The van der Waals surface area contributed by atoms with Crippen LogP contribution in [0.3, 0.4) is 0 Å². The molecule has 0 aliphatic carbocycles. The predicted octanol–water partition coefficient (Wildman–Crippen LogP) is 1.59. The van der Waals surface area contributed by atoms with Gasteiger partial charge in [-0.15, -0.1) is 0 Å². The third-order valence-electron chi connectivity index (χ3n) is 2.75. The molecule has 0 radical (unpaired) electrons. The summed E-state index contributed by atoms with van der Waals surface area (Å²) in [4.78, 5) is 13.5. The van der Waals surface area contributed by atoms with Crippen molar-refractivity contribution in [3.05, 3.63) is 35.9 Å². The first-order chi connectivity index (χ1) is 9.88. The number of anilines is 1. The van der Waals surface area contributed by atoms with Crippen molar-refractivity contribution in [2.24, 2.45) is 0 Å². The fraction of sp³-hybridized carbons (Fsp3) is 0.333. The summed E-state index contributed by atoms with van der Waals surface area (Å²) in [5.74, 6) is -0.191. The van der Waals surface area contributed by atoms with Gasteiger partial charge in [-0.2, -0.15) is 18.3 Å². The average molecular weight is 301 g/mol. The molecule has 6 nitrogen and oxygen atoms in total. The van der Waals surface area contributed by atoms with Crippen LogP contribution in [0, 0.1) is 0 Å². The zero-order valence-electron chi connectivity index (χ0n) is 11.2. The summed E-state index contributed by atoms with van der Waals surface area (Å²) < 4.78 is 38.7. The molecule has 0 saturated heterocycles. The molecule has 0 atom stereocenters. The van der Waals surface area contributed by atoms with Crippen molar-refractivity contribution in [3.8, 4) is 0 Å². The van der Waals surface area contributed by atoms with Crippen molar-refractivity contribution in [3.63, 3.8) is 0 Å². The van der Waals surface area contributed by atoms with Gasteiger partial charge < -0.3 is 15.6 Å². The number of H-pyrrole nitrogens is 1. The summed E-state index contributed by atoms with van der Waals surface area (Å²) in [7, 11) is 1.52. The summed E-state index contributed by atoms with van der Waals surface area (Å²) in [6.45, 7) is 0.278. The molecule has 0 aliphatic rings. The Bertz CT molecular complexity index is 616. The molecule has 0 saturated carbocycles. The van der Waals surface area contributed by atoms with Crippen LogP contribution in [0.25, 0.3) is 0 Å². The minimum atomic E-state index is -4.38. The van der Waals surface area contributed by atoms with Crippen molar-refractivity contribution in [2.75, 3.05) is 12.4 Å². The SMILES string of the molecule is CNC(=O)Cn1cc(NCc2ccc(C(F)(F)F)[nH]2)cn1. The Balaban J connectivity index is 1.91. The third-order valence-corrected chi connectivity index (χ3v) is 2.75. The number of nitrogens with zero attached hydrogens (tertiary/aromatic N) is 2. The molecule has 0 aliphatic heterocycles. The van der Waals surface area contributed by atoms with E-state index in [0.717, 1.165) is 6.07 Å². The highest BCUT2D eigenvalue weighted by Gasteiger charge is 2.31. The second kappa shape index (κ2) is 5.90. The number of rotatable bonds is 5. The standard InChI is InChI=1S/C12H14F3N5O/c1-16-11(21)7-20-6-9(5-18-20)17-4-8-2-3-10(19-8)12(13,14)15/h2-3,5-6,17,19H,4,7H2,1H3,(H,16,21). The number of likely N-dealkylation sites (N-methyl/N-ethyl adjacent to an activating group) is 1. The number of carbonyl (C=O) groups is 1. The molecule has 9 heteroatoms. The van der Waals surface area contributed by atoms with Gasteiger partial charge in [-0.05, 0) is 12.1 Å². The number of alkyl halides is 3.